The van der Waals surface area contributed by atoms with E-state index in [1.165, 1.54) is 11.6 Å². The third kappa shape index (κ3) is 4.20. The average Bonchev–Trinajstić information content (AvgIpc) is 2.91. The SMILES string of the molecule is Cc1cc(C)cc(C(=O)OC(C)C(=O)Nc2c(C)n(C)n(-c3ccccc3)c2=O)c1. The number of para-hydroxylation sites is 1. The van der Waals surface area contributed by atoms with Crippen molar-refractivity contribution < 1.29 is 14.3 Å². The van der Waals surface area contributed by atoms with Crippen molar-refractivity contribution in [1.29, 1.82) is 0 Å². The molecule has 0 saturated heterocycles. The number of hydrogen-bond acceptors (Lipinski definition) is 4. The first-order chi connectivity index (χ1) is 14.2. The number of carbonyl (C=O) groups is 2. The molecule has 1 unspecified atom stereocenters. The van der Waals surface area contributed by atoms with Gasteiger partial charge in [-0.3, -0.25) is 14.3 Å². The van der Waals surface area contributed by atoms with Crippen LogP contribution in [0.4, 0.5) is 5.69 Å². The van der Waals surface area contributed by atoms with Crippen LogP contribution in [-0.2, 0) is 16.6 Å². The van der Waals surface area contributed by atoms with Crippen molar-refractivity contribution in [3.8, 4) is 5.69 Å². The van der Waals surface area contributed by atoms with E-state index >= 15 is 0 Å². The minimum absolute atomic E-state index is 0.153. The molecule has 0 aliphatic rings. The van der Waals surface area contributed by atoms with E-state index < -0.39 is 18.0 Å². The zero-order valence-corrected chi connectivity index (χ0v) is 17.7. The first-order valence-electron chi connectivity index (χ1n) is 9.63. The number of esters is 1. The third-order valence-electron chi connectivity index (χ3n) is 4.91. The van der Waals surface area contributed by atoms with Crippen molar-refractivity contribution in [3.05, 3.63) is 81.3 Å². The molecule has 3 aromatic rings. The van der Waals surface area contributed by atoms with E-state index in [1.54, 1.807) is 42.9 Å². The molecule has 1 atom stereocenters. The quantitative estimate of drug-likeness (QED) is 0.658. The standard InChI is InChI=1S/C23H25N3O4/c1-14-11-15(2)13-18(12-14)23(29)30-17(4)21(27)24-20-16(3)25(5)26(22(20)28)19-9-7-6-8-10-19/h6-13,17H,1-5H3,(H,24,27). The van der Waals surface area contributed by atoms with Gasteiger partial charge in [0.05, 0.1) is 16.9 Å². The predicted molar refractivity (Wildman–Crippen MR) is 115 cm³/mol. The number of aromatic nitrogens is 2. The van der Waals surface area contributed by atoms with E-state index in [0.717, 1.165) is 11.1 Å². The van der Waals surface area contributed by atoms with Gasteiger partial charge in [-0.15, -0.1) is 0 Å². The smallest absolute Gasteiger partial charge is 0.338 e. The molecule has 0 bridgehead atoms. The van der Waals surface area contributed by atoms with Gasteiger partial charge in [-0.1, -0.05) is 35.4 Å². The predicted octanol–water partition coefficient (Wildman–Crippen LogP) is 3.29. The van der Waals surface area contributed by atoms with Crippen LogP contribution in [-0.4, -0.2) is 27.3 Å². The molecular formula is C23H25N3O4. The van der Waals surface area contributed by atoms with Gasteiger partial charge in [-0.2, -0.15) is 0 Å². The molecule has 7 nitrogen and oxygen atoms in total. The second-order valence-electron chi connectivity index (χ2n) is 7.35. The maximum Gasteiger partial charge on any atom is 0.338 e. The zero-order chi connectivity index (χ0) is 22.0. The highest BCUT2D eigenvalue weighted by Gasteiger charge is 2.23. The summed E-state index contributed by atoms with van der Waals surface area (Å²) in [7, 11) is 1.74. The van der Waals surface area contributed by atoms with Crippen LogP contribution < -0.4 is 10.9 Å². The van der Waals surface area contributed by atoms with E-state index in [2.05, 4.69) is 5.32 Å². The minimum Gasteiger partial charge on any atom is -0.449 e. The molecule has 3 rings (SSSR count). The second-order valence-corrected chi connectivity index (χ2v) is 7.35. The van der Waals surface area contributed by atoms with Crippen LogP contribution in [0.1, 0.15) is 34.1 Å². The first kappa shape index (κ1) is 21.1. The molecule has 7 heteroatoms. The fourth-order valence-corrected chi connectivity index (χ4v) is 3.31. The Balaban J connectivity index is 1.79. The van der Waals surface area contributed by atoms with Gasteiger partial charge in [0.2, 0.25) is 0 Å². The number of rotatable bonds is 5. The maximum atomic E-state index is 12.9. The molecule has 30 heavy (non-hydrogen) atoms. The normalized spacial score (nSPS) is 11.8. The molecule has 0 radical (unpaired) electrons. The lowest BCUT2D eigenvalue weighted by molar-refractivity contribution is -0.123. The van der Waals surface area contributed by atoms with E-state index in [-0.39, 0.29) is 11.2 Å². The third-order valence-corrected chi connectivity index (χ3v) is 4.91. The Bertz CT molecular complexity index is 1140. The van der Waals surface area contributed by atoms with Gasteiger partial charge in [-0.05, 0) is 52.0 Å². The summed E-state index contributed by atoms with van der Waals surface area (Å²) < 4.78 is 8.45. The van der Waals surface area contributed by atoms with Crippen LogP contribution >= 0.6 is 0 Å². The number of amides is 1. The summed E-state index contributed by atoms with van der Waals surface area (Å²) in [6.45, 7) is 6.98. The molecule has 156 valence electrons. The van der Waals surface area contributed by atoms with Crippen LogP contribution in [0.15, 0.2) is 53.3 Å². The van der Waals surface area contributed by atoms with Crippen molar-refractivity contribution in [2.45, 2.75) is 33.8 Å². The van der Waals surface area contributed by atoms with Crippen LogP contribution in [0.25, 0.3) is 5.69 Å². The Morgan fingerprint density at radius 1 is 1.00 bits per heavy atom. The van der Waals surface area contributed by atoms with E-state index in [4.69, 9.17) is 4.74 Å². The van der Waals surface area contributed by atoms with Crippen LogP contribution in [0.5, 0.6) is 0 Å². The molecule has 1 heterocycles. The fourth-order valence-electron chi connectivity index (χ4n) is 3.31. The van der Waals surface area contributed by atoms with Gasteiger partial charge >= 0.3 is 5.97 Å². The Hall–Kier alpha value is -3.61. The van der Waals surface area contributed by atoms with Gasteiger partial charge in [0.25, 0.3) is 11.5 Å². The lowest BCUT2D eigenvalue weighted by Crippen LogP contribution is -2.32. The van der Waals surface area contributed by atoms with Crippen LogP contribution in [0, 0.1) is 20.8 Å². The number of ether oxygens (including phenoxy) is 1. The average molecular weight is 407 g/mol. The van der Waals surface area contributed by atoms with Gasteiger partial charge in [0.15, 0.2) is 6.10 Å². The highest BCUT2D eigenvalue weighted by molar-refractivity contribution is 5.97. The topological polar surface area (TPSA) is 82.3 Å². The van der Waals surface area contributed by atoms with Gasteiger partial charge in [0, 0.05) is 7.05 Å². The van der Waals surface area contributed by atoms with Crippen LogP contribution in [0.3, 0.4) is 0 Å². The number of anilines is 1. The number of hydrogen-bond donors (Lipinski definition) is 1. The second kappa shape index (κ2) is 8.41. The summed E-state index contributed by atoms with van der Waals surface area (Å²) in [5, 5.41) is 2.62. The first-order valence-corrected chi connectivity index (χ1v) is 9.63. The van der Waals surface area contributed by atoms with E-state index in [1.807, 2.05) is 38.1 Å². The number of nitrogens with zero attached hydrogens (tertiary/aromatic N) is 2. The van der Waals surface area contributed by atoms with Crippen LogP contribution in [0.2, 0.25) is 0 Å². The lowest BCUT2D eigenvalue weighted by Gasteiger charge is -2.13. The number of aryl methyl sites for hydroxylation is 2. The summed E-state index contributed by atoms with van der Waals surface area (Å²) in [6.07, 6.45) is -1.07. The van der Waals surface area contributed by atoms with E-state index in [0.29, 0.717) is 16.9 Å². The Morgan fingerprint density at radius 3 is 2.20 bits per heavy atom. The monoisotopic (exact) mass is 407 g/mol. The highest BCUT2D eigenvalue weighted by Crippen LogP contribution is 2.15. The van der Waals surface area contributed by atoms with E-state index in [9.17, 15) is 14.4 Å². The Kier molecular flexibility index (Phi) is 5.91. The summed E-state index contributed by atoms with van der Waals surface area (Å²) in [5.41, 5.74) is 3.31. The number of nitrogens with one attached hydrogen (secondary N) is 1. The van der Waals surface area contributed by atoms with Crippen molar-refractivity contribution in [2.75, 3.05) is 5.32 Å². The van der Waals surface area contributed by atoms with Gasteiger partial charge in [0.1, 0.15) is 5.69 Å². The zero-order valence-electron chi connectivity index (χ0n) is 17.7. The molecule has 0 aliphatic carbocycles. The van der Waals surface area contributed by atoms with Gasteiger partial charge < -0.3 is 10.1 Å². The summed E-state index contributed by atoms with van der Waals surface area (Å²) in [6, 6.07) is 14.5. The van der Waals surface area contributed by atoms with Crippen molar-refractivity contribution in [3.63, 3.8) is 0 Å². The molecule has 0 aliphatic heterocycles. The molecule has 0 saturated carbocycles. The van der Waals surface area contributed by atoms with Crippen molar-refractivity contribution in [1.82, 2.24) is 9.36 Å². The summed E-state index contributed by atoms with van der Waals surface area (Å²) in [4.78, 5) is 38.0. The Morgan fingerprint density at radius 2 is 1.60 bits per heavy atom. The number of benzene rings is 2. The number of carbonyl (C=O) groups excluding carboxylic acids is 2. The largest absolute Gasteiger partial charge is 0.449 e. The maximum absolute atomic E-state index is 12.9. The molecule has 1 amide bonds. The van der Waals surface area contributed by atoms with Crippen molar-refractivity contribution in [2.24, 2.45) is 7.05 Å². The van der Waals surface area contributed by atoms with Gasteiger partial charge in [-0.25, -0.2) is 9.48 Å². The molecule has 0 fully saturated rings. The Labute approximate surface area is 174 Å². The fraction of sp³-hybridized carbons (Fsp3) is 0.261. The minimum atomic E-state index is -1.07. The molecule has 0 spiro atoms. The molecule has 1 aromatic heterocycles. The van der Waals surface area contributed by atoms with Crippen molar-refractivity contribution >= 4 is 17.6 Å². The lowest BCUT2D eigenvalue weighted by atomic mass is 10.1. The molecule has 1 N–H and O–H groups in total. The summed E-state index contributed by atoms with van der Waals surface area (Å²) >= 11 is 0. The molecule has 2 aromatic carbocycles. The summed E-state index contributed by atoms with van der Waals surface area (Å²) in [5.74, 6) is -1.16. The highest BCUT2D eigenvalue weighted by atomic mass is 16.5. The molecular weight excluding hydrogens is 382 g/mol.